The maximum absolute atomic E-state index is 12.0. The molecular formula is C18H18N4O3S. The average Bonchev–Trinajstić information content (AvgIpc) is 3.21. The fourth-order valence-corrected chi connectivity index (χ4v) is 3.10. The van der Waals surface area contributed by atoms with Crippen LogP contribution >= 0.6 is 11.8 Å². The van der Waals surface area contributed by atoms with E-state index < -0.39 is 11.8 Å². The van der Waals surface area contributed by atoms with Gasteiger partial charge in [0, 0.05) is 18.8 Å². The maximum atomic E-state index is 12.0. The largest absolute Gasteiger partial charge is 0.411 e. The molecule has 0 unspecified atom stereocenters. The van der Waals surface area contributed by atoms with E-state index in [1.54, 1.807) is 29.9 Å². The van der Waals surface area contributed by atoms with E-state index in [0.717, 1.165) is 28.5 Å². The van der Waals surface area contributed by atoms with Crippen molar-refractivity contribution in [2.45, 2.75) is 19.1 Å². The Morgan fingerprint density at radius 3 is 2.58 bits per heavy atom. The van der Waals surface area contributed by atoms with Crippen LogP contribution in [0, 0.1) is 13.8 Å². The van der Waals surface area contributed by atoms with Crippen LogP contribution in [0.2, 0.25) is 0 Å². The number of thioether (sulfide) groups is 1. The lowest BCUT2D eigenvalue weighted by Crippen LogP contribution is -2.32. The van der Waals surface area contributed by atoms with Crippen LogP contribution in [0.25, 0.3) is 11.5 Å². The molecule has 0 spiro atoms. The van der Waals surface area contributed by atoms with E-state index in [4.69, 9.17) is 4.42 Å². The molecule has 2 heterocycles. The van der Waals surface area contributed by atoms with E-state index in [1.165, 1.54) is 0 Å². The van der Waals surface area contributed by atoms with Crippen LogP contribution < -0.4 is 5.32 Å². The molecule has 8 heteroatoms. The van der Waals surface area contributed by atoms with Crippen LogP contribution in [-0.2, 0) is 11.8 Å². The number of rotatable bonds is 5. The first-order chi connectivity index (χ1) is 12.4. The Morgan fingerprint density at radius 1 is 1.19 bits per heavy atom. The van der Waals surface area contributed by atoms with Crippen molar-refractivity contribution >= 4 is 23.6 Å². The summed E-state index contributed by atoms with van der Waals surface area (Å²) in [6.45, 7) is 3.99. The standard InChI is InChI=1S/C18H18N4O3S/c1-11-7-12(2)9-13(8-11)17-20-21-18(25-17)26-10-15(23)19-16(24)14-5-4-6-22(14)3/h4-9H,10H2,1-3H3,(H,19,23,24). The molecule has 2 aromatic heterocycles. The van der Waals surface area contributed by atoms with Crippen LogP contribution in [-0.4, -0.2) is 32.3 Å². The predicted molar refractivity (Wildman–Crippen MR) is 97.8 cm³/mol. The van der Waals surface area contributed by atoms with Crippen molar-refractivity contribution in [2.24, 2.45) is 7.05 Å². The fourth-order valence-electron chi connectivity index (χ4n) is 2.53. The van der Waals surface area contributed by atoms with Gasteiger partial charge in [-0.05, 0) is 38.1 Å². The number of carbonyl (C=O) groups excluding carboxylic acids is 2. The van der Waals surface area contributed by atoms with E-state index >= 15 is 0 Å². The molecule has 0 saturated carbocycles. The number of amides is 2. The molecule has 26 heavy (non-hydrogen) atoms. The Kier molecular flexibility index (Phi) is 5.22. The molecule has 0 aliphatic rings. The minimum atomic E-state index is -0.440. The molecular weight excluding hydrogens is 352 g/mol. The highest BCUT2D eigenvalue weighted by Crippen LogP contribution is 2.24. The first-order valence-electron chi connectivity index (χ1n) is 7.93. The molecule has 0 radical (unpaired) electrons. The Labute approximate surface area is 154 Å². The number of hydrogen-bond acceptors (Lipinski definition) is 6. The minimum absolute atomic E-state index is 0.00460. The van der Waals surface area contributed by atoms with E-state index in [-0.39, 0.29) is 11.0 Å². The molecule has 0 saturated heterocycles. The third kappa shape index (κ3) is 4.20. The maximum Gasteiger partial charge on any atom is 0.277 e. The lowest BCUT2D eigenvalue weighted by Gasteiger charge is -2.04. The zero-order chi connectivity index (χ0) is 18.7. The normalized spacial score (nSPS) is 10.7. The van der Waals surface area contributed by atoms with Gasteiger partial charge < -0.3 is 8.98 Å². The second-order valence-electron chi connectivity index (χ2n) is 5.92. The van der Waals surface area contributed by atoms with Crippen LogP contribution in [0.1, 0.15) is 21.6 Å². The number of aromatic nitrogens is 3. The molecule has 1 aromatic carbocycles. The lowest BCUT2D eigenvalue weighted by molar-refractivity contribution is -0.117. The highest BCUT2D eigenvalue weighted by Gasteiger charge is 2.15. The number of nitrogens with one attached hydrogen (secondary N) is 1. The Bertz CT molecular complexity index is 941. The summed E-state index contributed by atoms with van der Waals surface area (Å²) in [7, 11) is 1.74. The Balaban J connectivity index is 1.58. The first kappa shape index (κ1) is 17.9. The van der Waals surface area contributed by atoms with Gasteiger partial charge in [-0.2, -0.15) is 0 Å². The monoisotopic (exact) mass is 370 g/mol. The minimum Gasteiger partial charge on any atom is -0.411 e. The van der Waals surface area contributed by atoms with E-state index in [2.05, 4.69) is 21.6 Å². The molecule has 0 aliphatic heterocycles. The fraction of sp³-hybridized carbons (Fsp3) is 0.222. The molecule has 134 valence electrons. The van der Waals surface area contributed by atoms with Gasteiger partial charge in [0.05, 0.1) is 5.75 Å². The van der Waals surface area contributed by atoms with Crippen molar-refractivity contribution in [2.75, 3.05) is 5.75 Å². The number of benzene rings is 1. The summed E-state index contributed by atoms with van der Waals surface area (Å²) in [6, 6.07) is 9.36. The first-order valence-corrected chi connectivity index (χ1v) is 8.91. The van der Waals surface area contributed by atoms with Crippen LogP contribution in [0.15, 0.2) is 46.2 Å². The van der Waals surface area contributed by atoms with Gasteiger partial charge in [-0.1, -0.05) is 29.0 Å². The van der Waals surface area contributed by atoms with Gasteiger partial charge in [0.25, 0.3) is 11.1 Å². The number of aryl methyl sites for hydroxylation is 3. The van der Waals surface area contributed by atoms with Gasteiger partial charge in [-0.3, -0.25) is 14.9 Å². The second-order valence-corrected chi connectivity index (χ2v) is 6.85. The number of carbonyl (C=O) groups is 2. The van der Waals surface area contributed by atoms with Crippen LogP contribution in [0.4, 0.5) is 0 Å². The van der Waals surface area contributed by atoms with Crippen LogP contribution in [0.3, 0.4) is 0 Å². The van der Waals surface area contributed by atoms with Gasteiger partial charge in [-0.25, -0.2) is 0 Å². The predicted octanol–water partition coefficient (Wildman–Crippen LogP) is 2.74. The van der Waals surface area contributed by atoms with Gasteiger partial charge in [0.15, 0.2) is 0 Å². The third-order valence-corrected chi connectivity index (χ3v) is 4.45. The molecule has 0 fully saturated rings. The van der Waals surface area contributed by atoms with Crippen molar-refractivity contribution < 1.29 is 14.0 Å². The van der Waals surface area contributed by atoms with Gasteiger partial charge in [0.1, 0.15) is 5.69 Å². The van der Waals surface area contributed by atoms with E-state index in [9.17, 15) is 9.59 Å². The Hall–Kier alpha value is -2.87. The quantitative estimate of drug-likeness (QED) is 0.695. The van der Waals surface area contributed by atoms with Gasteiger partial charge in [0.2, 0.25) is 11.8 Å². The Morgan fingerprint density at radius 2 is 1.92 bits per heavy atom. The molecule has 1 N–H and O–H groups in total. The summed E-state index contributed by atoms with van der Waals surface area (Å²) in [5.74, 6) is -0.457. The topological polar surface area (TPSA) is 90.0 Å². The SMILES string of the molecule is Cc1cc(C)cc(-c2nnc(SCC(=O)NC(=O)c3cccn3C)o2)c1. The highest BCUT2D eigenvalue weighted by atomic mass is 32.2. The van der Waals surface area contributed by atoms with Crippen molar-refractivity contribution in [3.05, 3.63) is 53.3 Å². The molecule has 2 amide bonds. The van der Waals surface area contributed by atoms with Crippen LogP contribution in [0.5, 0.6) is 0 Å². The summed E-state index contributed by atoms with van der Waals surface area (Å²) in [5.41, 5.74) is 3.46. The molecule has 0 bridgehead atoms. The zero-order valence-corrected chi connectivity index (χ0v) is 15.5. The zero-order valence-electron chi connectivity index (χ0n) is 14.6. The summed E-state index contributed by atoms with van der Waals surface area (Å²) in [6.07, 6.45) is 1.74. The lowest BCUT2D eigenvalue weighted by atomic mass is 10.1. The summed E-state index contributed by atoms with van der Waals surface area (Å²) in [5, 5.41) is 10.6. The van der Waals surface area contributed by atoms with Crippen molar-refractivity contribution in [1.82, 2.24) is 20.1 Å². The highest BCUT2D eigenvalue weighted by molar-refractivity contribution is 7.99. The van der Waals surface area contributed by atoms with Crippen molar-refractivity contribution in [3.8, 4) is 11.5 Å². The van der Waals surface area contributed by atoms with Gasteiger partial charge >= 0.3 is 0 Å². The second kappa shape index (κ2) is 7.57. The number of hydrogen-bond donors (Lipinski definition) is 1. The number of imide groups is 1. The summed E-state index contributed by atoms with van der Waals surface area (Å²) >= 11 is 1.08. The molecule has 3 rings (SSSR count). The van der Waals surface area contributed by atoms with Gasteiger partial charge in [-0.15, -0.1) is 10.2 Å². The van der Waals surface area contributed by atoms with E-state index in [1.807, 2.05) is 26.0 Å². The summed E-state index contributed by atoms with van der Waals surface area (Å²) < 4.78 is 7.24. The summed E-state index contributed by atoms with van der Waals surface area (Å²) in [4.78, 5) is 23.9. The van der Waals surface area contributed by atoms with Crippen molar-refractivity contribution in [1.29, 1.82) is 0 Å². The molecule has 3 aromatic rings. The smallest absolute Gasteiger partial charge is 0.277 e. The molecule has 7 nitrogen and oxygen atoms in total. The van der Waals surface area contributed by atoms with E-state index in [0.29, 0.717) is 11.6 Å². The average molecular weight is 370 g/mol. The molecule has 0 aliphatic carbocycles. The van der Waals surface area contributed by atoms with Crippen molar-refractivity contribution in [3.63, 3.8) is 0 Å². The third-order valence-electron chi connectivity index (χ3n) is 3.63. The molecule has 0 atom stereocenters. The number of nitrogens with zero attached hydrogens (tertiary/aromatic N) is 3.